The molecule has 6 heteroatoms. The molecule has 0 aromatic heterocycles. The molecule has 4 rings (SSSR count). The number of nitrogens with one attached hydrogen (secondary N) is 1. The number of imide groups is 1. The van der Waals surface area contributed by atoms with E-state index < -0.39 is 11.9 Å². The zero-order valence-electron chi connectivity index (χ0n) is 15.8. The van der Waals surface area contributed by atoms with Crippen LogP contribution >= 0.6 is 0 Å². The van der Waals surface area contributed by atoms with Crippen molar-refractivity contribution in [3.8, 4) is 11.8 Å². The number of carbonyl (C=O) groups is 3. The second-order valence-corrected chi connectivity index (χ2v) is 7.83. The first kappa shape index (κ1) is 18.7. The summed E-state index contributed by atoms with van der Waals surface area (Å²) in [5.41, 5.74) is 2.72. The summed E-state index contributed by atoms with van der Waals surface area (Å²) in [6, 6.07) is 2.89. The van der Waals surface area contributed by atoms with Crippen molar-refractivity contribution in [1.82, 2.24) is 10.2 Å². The molecular weight excluding hydrogens is 356 g/mol. The molecule has 1 atom stereocenters. The summed E-state index contributed by atoms with van der Waals surface area (Å²) in [7, 11) is 0. The molecule has 28 heavy (non-hydrogen) atoms. The van der Waals surface area contributed by atoms with Gasteiger partial charge in [0.25, 0.3) is 5.91 Å². The molecule has 3 amide bonds. The maximum atomic E-state index is 13.0. The van der Waals surface area contributed by atoms with E-state index in [2.05, 4.69) is 17.2 Å². The minimum atomic E-state index is -0.644. The van der Waals surface area contributed by atoms with Crippen molar-refractivity contribution < 1.29 is 19.5 Å². The van der Waals surface area contributed by atoms with Crippen molar-refractivity contribution >= 4 is 17.7 Å². The van der Waals surface area contributed by atoms with Gasteiger partial charge >= 0.3 is 0 Å². The topological polar surface area (TPSA) is 86.7 Å². The number of rotatable bonds is 2. The molecule has 1 unspecified atom stereocenters. The van der Waals surface area contributed by atoms with Crippen molar-refractivity contribution in [2.24, 2.45) is 5.92 Å². The number of fused-ring (bicyclic) bond motifs is 1. The van der Waals surface area contributed by atoms with Crippen molar-refractivity contribution in [2.45, 2.75) is 64.1 Å². The molecule has 146 valence electrons. The third-order valence-electron chi connectivity index (χ3n) is 5.91. The lowest BCUT2D eigenvalue weighted by Gasteiger charge is -2.29. The van der Waals surface area contributed by atoms with Gasteiger partial charge in [-0.15, -0.1) is 0 Å². The van der Waals surface area contributed by atoms with E-state index >= 15 is 0 Å². The normalized spacial score (nSPS) is 22.5. The number of aliphatic hydroxyl groups excluding tert-OH is 1. The highest BCUT2D eigenvalue weighted by atomic mass is 16.3. The Kier molecular flexibility index (Phi) is 5.19. The van der Waals surface area contributed by atoms with Gasteiger partial charge < -0.3 is 10.0 Å². The largest absolute Gasteiger partial charge is 0.392 e. The molecule has 6 nitrogen and oxygen atoms in total. The molecule has 2 N–H and O–H groups in total. The van der Waals surface area contributed by atoms with Gasteiger partial charge in [0, 0.05) is 30.0 Å². The highest BCUT2D eigenvalue weighted by molar-refractivity contribution is 6.05. The predicted molar refractivity (Wildman–Crippen MR) is 102 cm³/mol. The predicted octanol–water partition coefficient (Wildman–Crippen LogP) is 1.87. The second kappa shape index (κ2) is 7.76. The number of nitrogens with zero attached hydrogens (tertiary/aromatic N) is 1. The first-order valence-electron chi connectivity index (χ1n) is 9.99. The second-order valence-electron chi connectivity index (χ2n) is 7.83. The molecule has 2 aliphatic heterocycles. The molecule has 3 aliphatic rings. The Labute approximate surface area is 164 Å². The van der Waals surface area contributed by atoms with E-state index in [1.54, 1.807) is 6.07 Å². The fourth-order valence-electron chi connectivity index (χ4n) is 4.35. The third kappa shape index (κ3) is 3.55. The summed E-state index contributed by atoms with van der Waals surface area (Å²) in [5.74, 6) is 6.04. The van der Waals surface area contributed by atoms with Crippen LogP contribution in [-0.4, -0.2) is 33.8 Å². The number of piperidine rings is 1. The molecule has 1 saturated carbocycles. The highest BCUT2D eigenvalue weighted by Crippen LogP contribution is 2.31. The van der Waals surface area contributed by atoms with Gasteiger partial charge in [-0.1, -0.05) is 31.1 Å². The Hall–Kier alpha value is -2.65. The molecule has 1 aromatic rings. The Morgan fingerprint density at radius 2 is 1.89 bits per heavy atom. The van der Waals surface area contributed by atoms with Crippen LogP contribution in [0.15, 0.2) is 12.1 Å². The van der Waals surface area contributed by atoms with Gasteiger partial charge in [-0.05, 0) is 42.5 Å². The number of benzene rings is 1. The van der Waals surface area contributed by atoms with Crippen molar-refractivity contribution in [2.75, 3.05) is 0 Å². The van der Waals surface area contributed by atoms with Crippen LogP contribution in [0.1, 0.15) is 72.0 Å². The molecule has 1 aliphatic carbocycles. The molecule has 0 radical (unpaired) electrons. The summed E-state index contributed by atoms with van der Waals surface area (Å²) < 4.78 is 0. The minimum Gasteiger partial charge on any atom is -0.392 e. The van der Waals surface area contributed by atoms with Gasteiger partial charge in [-0.25, -0.2) is 0 Å². The maximum absolute atomic E-state index is 13.0. The van der Waals surface area contributed by atoms with Crippen molar-refractivity contribution in [3.05, 3.63) is 34.4 Å². The Bertz CT molecular complexity index is 890. The number of aliphatic hydroxyl groups is 1. The van der Waals surface area contributed by atoms with Gasteiger partial charge in [-0.3, -0.25) is 19.7 Å². The summed E-state index contributed by atoms with van der Waals surface area (Å²) in [6.07, 6.45) is 6.45. The summed E-state index contributed by atoms with van der Waals surface area (Å²) in [5, 5.41) is 11.9. The van der Waals surface area contributed by atoms with E-state index in [0.717, 1.165) is 24.0 Å². The van der Waals surface area contributed by atoms with Gasteiger partial charge in [0.2, 0.25) is 11.8 Å². The van der Waals surface area contributed by atoms with E-state index in [-0.39, 0.29) is 24.8 Å². The Morgan fingerprint density at radius 1 is 1.11 bits per heavy atom. The van der Waals surface area contributed by atoms with E-state index in [0.29, 0.717) is 30.0 Å². The lowest BCUT2D eigenvalue weighted by molar-refractivity contribution is -0.136. The van der Waals surface area contributed by atoms with Gasteiger partial charge in [0.05, 0.1) is 6.61 Å². The van der Waals surface area contributed by atoms with E-state index in [1.807, 2.05) is 6.07 Å². The maximum Gasteiger partial charge on any atom is 0.255 e. The summed E-state index contributed by atoms with van der Waals surface area (Å²) in [6.45, 7) is 0.137. The average Bonchev–Trinajstić information content (AvgIpc) is 3.03. The average molecular weight is 380 g/mol. The Balaban J connectivity index is 1.64. The van der Waals surface area contributed by atoms with Gasteiger partial charge in [0.1, 0.15) is 6.04 Å². The van der Waals surface area contributed by atoms with Crippen LogP contribution in [0.3, 0.4) is 0 Å². The van der Waals surface area contributed by atoms with Crippen LogP contribution in [0.25, 0.3) is 0 Å². The highest BCUT2D eigenvalue weighted by Gasteiger charge is 2.40. The third-order valence-corrected chi connectivity index (χ3v) is 5.91. The van der Waals surface area contributed by atoms with Crippen LogP contribution in [0.5, 0.6) is 0 Å². The monoisotopic (exact) mass is 380 g/mol. The zero-order chi connectivity index (χ0) is 19.7. The summed E-state index contributed by atoms with van der Waals surface area (Å²) in [4.78, 5) is 38.2. The van der Waals surface area contributed by atoms with Gasteiger partial charge in [0.15, 0.2) is 0 Å². The summed E-state index contributed by atoms with van der Waals surface area (Å²) >= 11 is 0. The molecule has 0 bridgehead atoms. The molecule has 0 spiro atoms. The number of amides is 3. The van der Waals surface area contributed by atoms with Gasteiger partial charge in [-0.2, -0.15) is 0 Å². The first-order chi connectivity index (χ1) is 13.6. The Morgan fingerprint density at radius 3 is 2.61 bits per heavy atom. The fraction of sp³-hybridized carbons (Fsp3) is 0.500. The first-order valence-corrected chi connectivity index (χ1v) is 9.99. The quantitative estimate of drug-likeness (QED) is 0.606. The van der Waals surface area contributed by atoms with Crippen LogP contribution < -0.4 is 5.32 Å². The van der Waals surface area contributed by atoms with Crippen molar-refractivity contribution in [3.63, 3.8) is 0 Å². The lowest BCUT2D eigenvalue weighted by atomic mass is 9.89. The van der Waals surface area contributed by atoms with Crippen LogP contribution in [0.4, 0.5) is 0 Å². The molecule has 2 heterocycles. The molecule has 1 aromatic carbocycles. The van der Waals surface area contributed by atoms with Crippen molar-refractivity contribution in [1.29, 1.82) is 0 Å². The number of carbonyl (C=O) groups excluding carboxylic acids is 3. The number of hydrogen-bond acceptors (Lipinski definition) is 4. The standard InChI is InChI=1S/C22H24N2O4/c25-13-15-10-16(7-6-14-4-2-1-3-5-14)18-12-24(22(28)17(18)11-15)19-8-9-20(26)23-21(19)27/h10-11,14,19,25H,1-5,8-9,12-13H2,(H,23,26,27). The molecule has 2 fully saturated rings. The zero-order valence-corrected chi connectivity index (χ0v) is 15.8. The minimum absolute atomic E-state index is 0.170. The molecular formula is C22H24N2O4. The van der Waals surface area contributed by atoms with Crippen LogP contribution in [0.2, 0.25) is 0 Å². The smallest absolute Gasteiger partial charge is 0.255 e. The van der Waals surface area contributed by atoms with Crippen LogP contribution in [0, 0.1) is 17.8 Å². The fourth-order valence-corrected chi connectivity index (χ4v) is 4.35. The van der Waals surface area contributed by atoms with E-state index in [4.69, 9.17) is 0 Å². The SMILES string of the molecule is O=C1CCC(N2Cc3c(C#CC4CCCCC4)cc(CO)cc3C2=O)C(=O)N1. The van der Waals surface area contributed by atoms with E-state index in [1.165, 1.54) is 24.2 Å². The lowest BCUT2D eigenvalue weighted by Crippen LogP contribution is -2.52. The number of hydrogen-bond donors (Lipinski definition) is 2. The van der Waals surface area contributed by atoms with E-state index in [9.17, 15) is 19.5 Å². The molecule has 1 saturated heterocycles. The van der Waals surface area contributed by atoms with Crippen LogP contribution in [-0.2, 0) is 22.7 Å².